The number of rotatable bonds is 7. The summed E-state index contributed by atoms with van der Waals surface area (Å²) in [6.45, 7) is 7.91. The van der Waals surface area contributed by atoms with Crippen LogP contribution in [-0.2, 0) is 6.61 Å². The van der Waals surface area contributed by atoms with Gasteiger partial charge in [-0.3, -0.25) is 14.9 Å². The van der Waals surface area contributed by atoms with Crippen molar-refractivity contribution in [1.82, 2.24) is 20.1 Å². The van der Waals surface area contributed by atoms with Crippen LogP contribution in [0.4, 0.5) is 10.8 Å². The van der Waals surface area contributed by atoms with Crippen molar-refractivity contribution in [3.05, 3.63) is 99.1 Å². The predicted molar refractivity (Wildman–Crippen MR) is 148 cm³/mol. The third-order valence-electron chi connectivity index (χ3n) is 6.00. The van der Waals surface area contributed by atoms with Crippen molar-refractivity contribution in [3.63, 3.8) is 0 Å². The highest BCUT2D eigenvalue weighted by Crippen LogP contribution is 2.27. The fraction of sp³-hybridized carbons (Fsp3) is 0.179. The van der Waals surface area contributed by atoms with Crippen LogP contribution in [0.25, 0.3) is 11.0 Å². The fourth-order valence-corrected chi connectivity index (χ4v) is 5.11. The van der Waals surface area contributed by atoms with Gasteiger partial charge in [-0.2, -0.15) is 0 Å². The monoisotopic (exact) mass is 526 g/mol. The first-order valence-corrected chi connectivity index (χ1v) is 12.8. The molecule has 0 spiro atoms. The van der Waals surface area contributed by atoms with Gasteiger partial charge in [-0.05, 0) is 73.9 Å². The second kappa shape index (κ2) is 10.4. The van der Waals surface area contributed by atoms with Gasteiger partial charge in [0.2, 0.25) is 0 Å². The Labute approximate surface area is 223 Å². The Morgan fingerprint density at radius 1 is 0.921 bits per heavy atom. The molecule has 5 rings (SSSR count). The molecule has 0 radical (unpaired) electrons. The maximum atomic E-state index is 13.0. The van der Waals surface area contributed by atoms with Crippen molar-refractivity contribution in [2.75, 3.05) is 10.6 Å². The second-order valence-corrected chi connectivity index (χ2v) is 10.0. The van der Waals surface area contributed by atoms with Gasteiger partial charge in [-0.25, -0.2) is 4.98 Å². The lowest BCUT2D eigenvalue weighted by atomic mass is 10.1. The van der Waals surface area contributed by atoms with Gasteiger partial charge in [0.1, 0.15) is 22.5 Å². The summed E-state index contributed by atoms with van der Waals surface area (Å²) < 4.78 is 0. The molecule has 0 saturated heterocycles. The molecule has 2 aromatic heterocycles. The SMILES string of the molecule is Cc1cc(C)c(NC(=O)c2sc(NC(=O)c3cccc(COn4nnc5ccccc54)c3)nc2C)c(C)c1. The number of aromatic nitrogens is 4. The summed E-state index contributed by atoms with van der Waals surface area (Å²) in [7, 11) is 0. The molecule has 9 nitrogen and oxygen atoms in total. The summed E-state index contributed by atoms with van der Waals surface area (Å²) >= 11 is 1.14. The molecule has 2 amide bonds. The molecule has 0 unspecified atom stereocenters. The van der Waals surface area contributed by atoms with E-state index in [1.165, 1.54) is 4.85 Å². The highest BCUT2D eigenvalue weighted by Gasteiger charge is 2.19. The van der Waals surface area contributed by atoms with Gasteiger partial charge in [0.15, 0.2) is 5.13 Å². The maximum Gasteiger partial charge on any atom is 0.267 e. The molecule has 0 saturated carbocycles. The molecule has 10 heteroatoms. The van der Waals surface area contributed by atoms with Crippen molar-refractivity contribution >= 4 is 45.0 Å². The third-order valence-corrected chi connectivity index (χ3v) is 7.07. The average molecular weight is 527 g/mol. The summed E-state index contributed by atoms with van der Waals surface area (Å²) in [6, 6.07) is 18.6. The van der Waals surface area contributed by atoms with Crippen molar-refractivity contribution in [1.29, 1.82) is 0 Å². The first-order chi connectivity index (χ1) is 18.3. The number of benzene rings is 3. The molecule has 0 aliphatic heterocycles. The third kappa shape index (κ3) is 5.25. The van der Waals surface area contributed by atoms with Crippen LogP contribution in [0.15, 0.2) is 60.7 Å². The Kier molecular flexibility index (Phi) is 6.89. The van der Waals surface area contributed by atoms with E-state index in [9.17, 15) is 9.59 Å². The molecule has 2 N–H and O–H groups in total. The Balaban J connectivity index is 1.25. The number of aryl methyl sites for hydroxylation is 4. The summed E-state index contributed by atoms with van der Waals surface area (Å²) in [5, 5.41) is 14.2. The second-order valence-electron chi connectivity index (χ2n) is 9.04. The van der Waals surface area contributed by atoms with Crippen molar-refractivity contribution in [2.45, 2.75) is 34.3 Å². The molecule has 38 heavy (non-hydrogen) atoms. The predicted octanol–water partition coefficient (Wildman–Crippen LogP) is 5.25. The smallest absolute Gasteiger partial charge is 0.267 e. The molecule has 2 heterocycles. The van der Waals surface area contributed by atoms with E-state index in [0.29, 0.717) is 21.3 Å². The summed E-state index contributed by atoms with van der Waals surface area (Å²) in [6.07, 6.45) is 0. The molecule has 0 atom stereocenters. The van der Waals surface area contributed by atoms with E-state index < -0.39 is 0 Å². The molecule has 192 valence electrons. The lowest BCUT2D eigenvalue weighted by molar-refractivity contribution is 0.0751. The minimum Gasteiger partial charge on any atom is -0.390 e. The van der Waals surface area contributed by atoms with E-state index in [1.807, 2.05) is 63.2 Å². The average Bonchev–Trinajstić information content (AvgIpc) is 3.47. The Morgan fingerprint density at radius 3 is 2.47 bits per heavy atom. The molecule has 0 aliphatic rings. The lowest BCUT2D eigenvalue weighted by Gasteiger charge is -2.12. The minimum atomic E-state index is -0.330. The maximum absolute atomic E-state index is 13.0. The van der Waals surface area contributed by atoms with Crippen LogP contribution in [0, 0.1) is 27.7 Å². The zero-order valence-electron chi connectivity index (χ0n) is 21.4. The van der Waals surface area contributed by atoms with Crippen LogP contribution in [0.3, 0.4) is 0 Å². The number of carbonyl (C=O) groups excluding carboxylic acids is 2. The lowest BCUT2D eigenvalue weighted by Crippen LogP contribution is -2.15. The van der Waals surface area contributed by atoms with Crippen LogP contribution < -0.4 is 15.5 Å². The molecule has 5 aromatic rings. The highest BCUT2D eigenvalue weighted by molar-refractivity contribution is 7.17. The first-order valence-electron chi connectivity index (χ1n) is 12.0. The van der Waals surface area contributed by atoms with Crippen molar-refractivity contribution < 1.29 is 14.4 Å². The number of para-hydroxylation sites is 1. The van der Waals surface area contributed by atoms with Gasteiger partial charge < -0.3 is 10.2 Å². The summed E-state index contributed by atoms with van der Waals surface area (Å²) in [5.74, 6) is -0.584. The van der Waals surface area contributed by atoms with E-state index in [1.54, 1.807) is 25.1 Å². The molecule has 3 aromatic carbocycles. The Hall–Kier alpha value is -4.57. The molecule has 0 bridgehead atoms. The molecular weight excluding hydrogens is 500 g/mol. The molecule has 0 fully saturated rings. The molecular formula is C28H26N6O3S. The Bertz CT molecular complexity index is 1650. The van der Waals surface area contributed by atoms with Crippen LogP contribution in [0.2, 0.25) is 0 Å². The number of hydrogen-bond donors (Lipinski definition) is 2. The van der Waals surface area contributed by atoms with Crippen molar-refractivity contribution in [3.8, 4) is 0 Å². The number of amides is 2. The summed E-state index contributed by atoms with van der Waals surface area (Å²) in [4.78, 5) is 38.0. The van der Waals surface area contributed by atoms with E-state index in [-0.39, 0.29) is 18.4 Å². The number of thiazole rings is 1. The van der Waals surface area contributed by atoms with Gasteiger partial charge >= 0.3 is 0 Å². The number of hydrogen-bond acceptors (Lipinski definition) is 7. The normalized spacial score (nSPS) is 10.9. The zero-order chi connectivity index (χ0) is 26.8. The minimum absolute atomic E-state index is 0.201. The number of carbonyl (C=O) groups is 2. The molecule has 0 aliphatic carbocycles. The summed E-state index contributed by atoms with van der Waals surface area (Å²) in [5.41, 5.74) is 7.18. The van der Waals surface area contributed by atoms with Gasteiger partial charge in [0, 0.05) is 11.3 Å². The first kappa shape index (κ1) is 25.1. The van der Waals surface area contributed by atoms with E-state index in [0.717, 1.165) is 50.3 Å². The van der Waals surface area contributed by atoms with E-state index >= 15 is 0 Å². The van der Waals surface area contributed by atoms with Crippen molar-refractivity contribution in [2.24, 2.45) is 0 Å². The number of anilines is 2. The quantitative estimate of drug-likeness (QED) is 0.299. The van der Waals surface area contributed by atoms with E-state index in [2.05, 4.69) is 25.9 Å². The number of fused-ring (bicyclic) bond motifs is 1. The van der Waals surface area contributed by atoms with Crippen LogP contribution in [0.1, 0.15) is 48.0 Å². The highest BCUT2D eigenvalue weighted by atomic mass is 32.1. The van der Waals surface area contributed by atoms with Gasteiger partial charge in [-0.1, -0.05) is 58.1 Å². The van der Waals surface area contributed by atoms with Crippen LogP contribution in [0.5, 0.6) is 0 Å². The fourth-order valence-electron chi connectivity index (χ4n) is 4.26. The topological polar surface area (TPSA) is 111 Å². The van der Waals surface area contributed by atoms with Gasteiger partial charge in [-0.15, -0.1) is 5.10 Å². The van der Waals surface area contributed by atoms with Crippen LogP contribution >= 0.6 is 11.3 Å². The number of nitrogens with one attached hydrogen (secondary N) is 2. The zero-order valence-corrected chi connectivity index (χ0v) is 22.2. The van der Waals surface area contributed by atoms with Crippen LogP contribution in [-0.4, -0.2) is 32.0 Å². The van der Waals surface area contributed by atoms with Gasteiger partial charge in [0.25, 0.3) is 11.8 Å². The number of nitrogens with zero attached hydrogens (tertiary/aromatic N) is 4. The van der Waals surface area contributed by atoms with E-state index in [4.69, 9.17) is 4.84 Å². The standard InChI is InChI=1S/C28H26N6O3S/c1-16-12-17(2)24(18(3)13-16)30-27(36)25-19(4)29-28(38-25)31-26(35)21-9-7-8-20(14-21)15-37-34-23-11-6-5-10-22(23)32-33-34/h5-14H,15H2,1-4H3,(H,30,36)(H,29,31,35). The Morgan fingerprint density at radius 2 is 1.68 bits per heavy atom. The largest absolute Gasteiger partial charge is 0.390 e. The van der Waals surface area contributed by atoms with Gasteiger partial charge in [0.05, 0.1) is 5.69 Å².